The predicted molar refractivity (Wildman–Crippen MR) is 279 cm³/mol. The number of carbonyl (C=O) groups is 9. The van der Waals surface area contributed by atoms with Crippen molar-refractivity contribution >= 4 is 53.2 Å². The Hall–Kier alpha value is -5.91. The monoisotopic (exact) mass is 1120 g/mol. The lowest BCUT2D eigenvalue weighted by Crippen LogP contribution is -2.64. The van der Waals surface area contributed by atoms with E-state index in [9.17, 15) is 84.0 Å². The minimum atomic E-state index is -2.41. The van der Waals surface area contributed by atoms with Crippen molar-refractivity contribution < 1.29 is 88.7 Å². The normalized spacial score (nSPS) is 28.1. The molecule has 8 amide bonds. The molecule has 0 saturated carbocycles. The third-order valence-corrected chi connectivity index (χ3v) is 14.7. The van der Waals surface area contributed by atoms with Crippen molar-refractivity contribution in [1.82, 2.24) is 36.4 Å². The van der Waals surface area contributed by atoms with Crippen LogP contribution in [-0.2, 0) is 43.2 Å². The molecule has 0 bridgehead atoms. The summed E-state index contributed by atoms with van der Waals surface area (Å²) in [5.41, 5.74) is 10.5. The van der Waals surface area contributed by atoms with Gasteiger partial charge in [0.05, 0.1) is 37.4 Å². The van der Waals surface area contributed by atoms with Gasteiger partial charge in [-0.15, -0.1) is 0 Å². The Morgan fingerprint density at radius 2 is 1.34 bits per heavy atom. The zero-order valence-corrected chi connectivity index (χ0v) is 45.3. The van der Waals surface area contributed by atoms with Gasteiger partial charge < -0.3 is 93.4 Å². The molecule has 3 aliphatic rings. The number of primary amides is 1. The molecule has 1 aromatic rings. The van der Waals surface area contributed by atoms with Crippen LogP contribution in [0.3, 0.4) is 0 Å². The highest BCUT2D eigenvalue weighted by Gasteiger charge is 2.49. The Morgan fingerprint density at radius 3 is 1.96 bits per heavy atom. The third-order valence-electron chi connectivity index (χ3n) is 14.7. The van der Waals surface area contributed by atoms with Crippen LogP contribution in [0.5, 0.6) is 5.75 Å². The summed E-state index contributed by atoms with van der Waals surface area (Å²) in [4.78, 5) is 125. The van der Waals surface area contributed by atoms with E-state index in [4.69, 9.17) is 16.2 Å². The number of hydrogen-bond acceptors (Lipinski definition) is 19. The van der Waals surface area contributed by atoms with E-state index in [1.807, 2.05) is 0 Å². The molecule has 17 N–H and O–H groups in total. The first-order valence-electron chi connectivity index (χ1n) is 27.1. The van der Waals surface area contributed by atoms with Gasteiger partial charge in [-0.2, -0.15) is 0 Å². The van der Waals surface area contributed by atoms with Gasteiger partial charge in [0.1, 0.15) is 60.3 Å². The summed E-state index contributed by atoms with van der Waals surface area (Å²) in [7, 11) is 0. The topological polar surface area (TPSA) is 443 Å². The average Bonchev–Trinajstić information content (AvgIpc) is 4.00. The fourth-order valence-electron chi connectivity index (χ4n) is 10.0. The molecule has 4 rings (SSSR count). The molecule has 0 aromatic heterocycles. The van der Waals surface area contributed by atoms with Gasteiger partial charge in [-0.25, -0.2) is 0 Å². The number of carbonyl (C=O) groups excluding carboxylic acids is 9. The number of benzene rings is 1. The molecule has 79 heavy (non-hydrogen) atoms. The summed E-state index contributed by atoms with van der Waals surface area (Å²) in [6.07, 6.45) is -10.5. The Bertz CT molecular complexity index is 2240. The Balaban J connectivity index is 1.71. The highest BCUT2D eigenvalue weighted by atomic mass is 16.5. The van der Waals surface area contributed by atoms with Gasteiger partial charge >= 0.3 is 5.97 Å². The number of aliphatic hydroxyl groups excluding tert-OH is 8. The molecule has 27 nitrogen and oxygen atoms in total. The quantitative estimate of drug-likeness (QED) is 0.0297. The molecule has 27 heteroatoms. The van der Waals surface area contributed by atoms with E-state index in [0.29, 0.717) is 29.6 Å². The van der Waals surface area contributed by atoms with Crippen molar-refractivity contribution in [3.63, 3.8) is 0 Å². The zero-order chi connectivity index (χ0) is 58.8. The highest BCUT2D eigenvalue weighted by molar-refractivity contribution is 5.98. The van der Waals surface area contributed by atoms with Crippen LogP contribution in [0.1, 0.15) is 129 Å². The third kappa shape index (κ3) is 19.1. The molecule has 0 radical (unpaired) electrons. The molecule has 16 atom stereocenters. The van der Waals surface area contributed by atoms with Crippen LogP contribution in [0.2, 0.25) is 0 Å². The molecular formula is C52H83N9O18. The molecule has 0 aliphatic carbocycles. The number of nitrogens with two attached hydrogens (primary N) is 2. The van der Waals surface area contributed by atoms with Crippen molar-refractivity contribution in [3.05, 3.63) is 29.8 Å². The number of nitrogens with zero attached hydrogens (tertiary/aromatic N) is 2. The first-order chi connectivity index (χ1) is 37.3. The number of unbranched alkanes of at least 4 members (excludes halogenated alkanes) is 5. The second kappa shape index (κ2) is 31.2. The lowest BCUT2D eigenvalue weighted by Gasteiger charge is -2.34. The Morgan fingerprint density at radius 1 is 0.734 bits per heavy atom. The van der Waals surface area contributed by atoms with Crippen LogP contribution in [-0.4, -0.2) is 203 Å². The number of amides is 8. The minimum absolute atomic E-state index is 0.0458. The van der Waals surface area contributed by atoms with Gasteiger partial charge in [0, 0.05) is 32.4 Å². The summed E-state index contributed by atoms with van der Waals surface area (Å²) in [5.74, 6) is -9.35. The fourth-order valence-corrected chi connectivity index (χ4v) is 10.0. The van der Waals surface area contributed by atoms with E-state index >= 15 is 0 Å². The van der Waals surface area contributed by atoms with Crippen LogP contribution < -0.4 is 42.8 Å². The van der Waals surface area contributed by atoms with Crippen LogP contribution in [0, 0.1) is 11.8 Å². The number of nitrogens with one attached hydrogen (secondary N) is 5. The number of hydrogen-bond donors (Lipinski definition) is 15. The average molecular weight is 1120 g/mol. The molecule has 2 unspecified atom stereocenters. The van der Waals surface area contributed by atoms with Gasteiger partial charge in [0.2, 0.25) is 47.3 Å². The summed E-state index contributed by atoms with van der Waals surface area (Å²) in [6, 6.07) is -7.40. The molecule has 3 heterocycles. The maximum Gasteiger partial charge on any atom is 0.325 e. The summed E-state index contributed by atoms with van der Waals surface area (Å²) < 4.78 is 5.03. The lowest BCUT2D eigenvalue weighted by atomic mass is 9.91. The van der Waals surface area contributed by atoms with Crippen molar-refractivity contribution in [1.29, 1.82) is 0 Å². The Kier molecular flexibility index (Phi) is 25.9. The highest BCUT2D eigenvalue weighted by Crippen LogP contribution is 2.27. The molecule has 3 aliphatic heterocycles. The second-order valence-corrected chi connectivity index (χ2v) is 21.2. The summed E-state index contributed by atoms with van der Waals surface area (Å²) >= 11 is 0. The van der Waals surface area contributed by atoms with Crippen LogP contribution in [0.15, 0.2) is 24.3 Å². The standard InChI is InChI=1S/C52H83N9O18/c1-5-26(2)20-27(3)12-10-8-6-7-9-11-13-38(68)55-32-22-36(66)48(74)59-50(76)43-34(64)18-19-60(43)52(78)41(35(65)23-37(54)67)57-49(75)42(45(71)44(70)29-14-16-31(17-15-29)79-39(69)24-53)58-47(73)33-21-30(63)25-61(33)51(77)40(28(4)62)56-46(32)72/h14-17,26-28,30,32-36,40-45,48,62-66,70-71,74H,5-13,18-25,53H2,1-4H3,(H2,54,67)(H,55,68)(H,56,72)(H,57,75)(H,58,73)(H,59,76)/t26?,27?,28-,30+,32-,33-,34-,35+,36-,40-,41-,42-,43-,44-,45-,48-/m0/s1. The maximum absolute atomic E-state index is 14.5. The number of esters is 1. The molecule has 444 valence electrons. The summed E-state index contributed by atoms with van der Waals surface area (Å²) in [5, 5.41) is 101. The van der Waals surface area contributed by atoms with E-state index < -0.39 is 177 Å². The van der Waals surface area contributed by atoms with Gasteiger partial charge in [0.15, 0.2) is 6.23 Å². The van der Waals surface area contributed by atoms with Crippen LogP contribution in [0.25, 0.3) is 0 Å². The van der Waals surface area contributed by atoms with Gasteiger partial charge in [-0.1, -0.05) is 77.8 Å². The van der Waals surface area contributed by atoms with E-state index in [1.54, 1.807) is 0 Å². The molecule has 3 fully saturated rings. The minimum Gasteiger partial charge on any atom is -0.426 e. The van der Waals surface area contributed by atoms with E-state index in [2.05, 4.69) is 47.4 Å². The smallest absolute Gasteiger partial charge is 0.325 e. The van der Waals surface area contributed by atoms with Gasteiger partial charge in [-0.05, 0) is 55.7 Å². The fraction of sp³-hybridized carbons (Fsp3) is 0.712. The second-order valence-electron chi connectivity index (χ2n) is 21.2. The Labute approximate surface area is 458 Å². The van der Waals surface area contributed by atoms with E-state index in [-0.39, 0.29) is 24.2 Å². The molecule has 3 saturated heterocycles. The molecule has 0 spiro atoms. The van der Waals surface area contributed by atoms with Crippen LogP contribution in [0.4, 0.5) is 0 Å². The first-order valence-corrected chi connectivity index (χ1v) is 27.1. The zero-order valence-electron chi connectivity index (χ0n) is 45.3. The number of fused-ring (bicyclic) bond motifs is 2. The van der Waals surface area contributed by atoms with Gasteiger partial charge in [0.25, 0.3) is 0 Å². The predicted octanol–water partition coefficient (Wildman–Crippen LogP) is -4.18. The first kappa shape index (κ1) is 65.6. The molecule has 1 aromatic carbocycles. The van der Waals surface area contributed by atoms with E-state index in [1.165, 1.54) is 18.6 Å². The van der Waals surface area contributed by atoms with Gasteiger partial charge in [-0.3, -0.25) is 43.2 Å². The van der Waals surface area contributed by atoms with Crippen molar-refractivity contribution in [2.24, 2.45) is 23.3 Å². The van der Waals surface area contributed by atoms with Crippen molar-refractivity contribution in [2.45, 2.75) is 203 Å². The maximum atomic E-state index is 14.5. The summed E-state index contributed by atoms with van der Waals surface area (Å²) in [6.45, 7) is 6.22. The number of ether oxygens (including phenoxy) is 1. The van der Waals surface area contributed by atoms with E-state index in [0.717, 1.165) is 62.5 Å². The SMILES string of the molecule is CCC(C)CC(C)CCCCCCCCC(=O)N[C@H]1C[C@H](O)[C@H](O)NC(=O)[C@@H]2[C@@H](O)CCN2C(=O)[C@H]([C@H](O)CC(N)=O)NC(=O)[C@H]([C@H](O)[C@@H](O)c2ccc(OC(=O)CN)cc2)NC(=O)[C@@H]2C[C@@H](O)CN2C(=O)[C@H]([C@H](C)O)NC1=O. The lowest BCUT2D eigenvalue weighted by molar-refractivity contribution is -0.149. The number of aliphatic hydroxyl groups is 8. The molecular weight excluding hydrogens is 1040 g/mol. The van der Waals surface area contributed by atoms with Crippen LogP contribution >= 0.6 is 0 Å². The number of rotatable bonds is 22. The van der Waals surface area contributed by atoms with Crippen molar-refractivity contribution in [2.75, 3.05) is 19.6 Å². The largest absolute Gasteiger partial charge is 0.426 e. The van der Waals surface area contributed by atoms with Crippen molar-refractivity contribution in [3.8, 4) is 5.75 Å².